The fourth-order valence-corrected chi connectivity index (χ4v) is 4.37. The largest absolute Gasteiger partial charge is 0.224 e. The molecular weight excluding hydrogens is 391 g/mol. The molecule has 0 aliphatic carbocycles. The van der Waals surface area contributed by atoms with E-state index in [0.717, 1.165) is 10.9 Å². The van der Waals surface area contributed by atoms with E-state index in [-0.39, 0.29) is 16.2 Å². The highest BCUT2D eigenvalue weighted by molar-refractivity contribution is 9.10. The molecule has 0 spiro atoms. The summed E-state index contributed by atoms with van der Waals surface area (Å²) in [7, 11) is -3.57. The van der Waals surface area contributed by atoms with Gasteiger partial charge in [0, 0.05) is 9.38 Å². The van der Waals surface area contributed by atoms with Gasteiger partial charge in [-0.15, -0.1) is 3.89 Å². The van der Waals surface area contributed by atoms with Gasteiger partial charge >= 0.3 is 0 Å². The molecule has 0 radical (unpaired) electrons. The maximum atomic E-state index is 12.9. The third-order valence-corrected chi connectivity index (χ3v) is 6.74. The smallest absolute Gasteiger partial charge is 0.202 e. The summed E-state index contributed by atoms with van der Waals surface area (Å²) in [6, 6.07) is 6.34. The molecule has 2 atom stereocenters. The highest BCUT2D eigenvalue weighted by atomic mass is 79.9. The van der Waals surface area contributed by atoms with E-state index < -0.39 is 26.3 Å². The molecule has 0 saturated heterocycles. The second-order valence-electron chi connectivity index (χ2n) is 5.05. The average Bonchev–Trinajstić information content (AvgIpc) is 2.46. The Morgan fingerprint density at radius 3 is 2.41 bits per heavy atom. The van der Waals surface area contributed by atoms with Crippen molar-refractivity contribution in [3.8, 4) is 0 Å². The van der Waals surface area contributed by atoms with Crippen molar-refractivity contribution in [2.45, 2.75) is 49.2 Å². The molecule has 22 heavy (non-hydrogen) atoms. The highest BCUT2D eigenvalue weighted by Gasteiger charge is 2.20. The van der Waals surface area contributed by atoms with Crippen molar-refractivity contribution in [2.24, 2.45) is 0 Å². The van der Waals surface area contributed by atoms with E-state index in [1.807, 2.05) is 6.92 Å². The Labute approximate surface area is 142 Å². The van der Waals surface area contributed by atoms with Gasteiger partial charge in [0.15, 0.2) is 0 Å². The summed E-state index contributed by atoms with van der Waals surface area (Å²) >= 11 is 0.892. The zero-order chi connectivity index (χ0) is 16.8. The van der Waals surface area contributed by atoms with Crippen LogP contribution in [-0.4, -0.2) is 17.9 Å². The maximum Gasteiger partial charge on any atom is 0.202 e. The summed E-state index contributed by atoms with van der Waals surface area (Å²) in [5, 5.41) is -0.520. The second kappa shape index (κ2) is 8.93. The van der Waals surface area contributed by atoms with Gasteiger partial charge in [0.05, 0.1) is 10.1 Å². The van der Waals surface area contributed by atoms with Gasteiger partial charge in [0.2, 0.25) is 21.0 Å². The molecule has 7 heteroatoms. The molecule has 1 rings (SSSR count). The van der Waals surface area contributed by atoms with E-state index in [4.69, 9.17) is 0 Å². The van der Waals surface area contributed by atoms with Gasteiger partial charge in [0.1, 0.15) is 0 Å². The molecule has 124 valence electrons. The predicted molar refractivity (Wildman–Crippen MR) is 92.3 cm³/mol. The fraction of sp³-hybridized carbons (Fsp3) is 0.467. The van der Waals surface area contributed by atoms with E-state index in [1.54, 1.807) is 12.1 Å². The van der Waals surface area contributed by atoms with Crippen molar-refractivity contribution in [3.05, 3.63) is 40.2 Å². The lowest BCUT2D eigenvalue weighted by atomic mass is 10.1. The van der Waals surface area contributed by atoms with Gasteiger partial charge in [-0.3, -0.25) is 0 Å². The van der Waals surface area contributed by atoms with Gasteiger partial charge in [0.25, 0.3) is 0 Å². The summed E-state index contributed by atoms with van der Waals surface area (Å²) in [5.74, 6) is 0. The van der Waals surface area contributed by atoms with Crippen LogP contribution in [0.3, 0.4) is 0 Å². The molecule has 0 aliphatic heterocycles. The van der Waals surface area contributed by atoms with Crippen LogP contribution in [0.1, 0.15) is 39.0 Å². The Bertz CT molecular complexity index is 627. The third-order valence-electron chi connectivity index (χ3n) is 3.36. The monoisotopic (exact) mass is 410 g/mol. The fourth-order valence-electron chi connectivity index (χ4n) is 2.09. The molecule has 0 fully saturated rings. The number of rotatable bonds is 9. The molecule has 0 bridgehead atoms. The van der Waals surface area contributed by atoms with Crippen molar-refractivity contribution < 1.29 is 16.5 Å². The lowest BCUT2D eigenvalue weighted by Crippen LogP contribution is -2.12. The number of sulfone groups is 1. The molecular formula is C15H20BrFO3S2. The second-order valence-corrected chi connectivity index (χ2v) is 9.18. The van der Waals surface area contributed by atoms with Crippen LogP contribution < -0.4 is 0 Å². The van der Waals surface area contributed by atoms with E-state index in [0.29, 0.717) is 19.3 Å². The summed E-state index contributed by atoms with van der Waals surface area (Å²) in [4.78, 5) is 0.301. The molecule has 2 unspecified atom stereocenters. The molecule has 0 N–H and O–H groups in total. The van der Waals surface area contributed by atoms with Gasteiger partial charge in [-0.05, 0) is 49.9 Å². The molecule has 0 heterocycles. The van der Waals surface area contributed by atoms with Crippen molar-refractivity contribution in [3.63, 3.8) is 0 Å². The summed E-state index contributed by atoms with van der Waals surface area (Å²) in [5.41, 5.74) is 0. The summed E-state index contributed by atoms with van der Waals surface area (Å²) < 4.78 is 49.4. The topological polar surface area (TPSA) is 51.2 Å². The first-order valence-electron chi connectivity index (χ1n) is 7.04. The molecule has 0 aromatic heterocycles. The zero-order valence-corrected chi connectivity index (χ0v) is 15.6. The first-order valence-corrected chi connectivity index (χ1v) is 10.4. The highest BCUT2D eigenvalue weighted by Crippen LogP contribution is 2.25. The lowest BCUT2D eigenvalue weighted by molar-refractivity contribution is 0.580. The van der Waals surface area contributed by atoms with Gasteiger partial charge in [-0.25, -0.2) is 12.6 Å². The predicted octanol–water partition coefficient (Wildman–Crippen LogP) is 4.71. The number of allylic oxidation sites excluding steroid dienone is 1. The Morgan fingerprint density at radius 1 is 1.32 bits per heavy atom. The molecule has 1 aromatic carbocycles. The minimum absolute atomic E-state index is 0.106. The average molecular weight is 411 g/mol. The van der Waals surface area contributed by atoms with Crippen LogP contribution in [0.4, 0.5) is 3.89 Å². The molecule has 0 aliphatic rings. The first-order chi connectivity index (χ1) is 10.3. The number of halogens is 2. The van der Waals surface area contributed by atoms with Crippen LogP contribution in [0, 0.1) is 0 Å². The minimum atomic E-state index is -3.57. The van der Waals surface area contributed by atoms with Crippen molar-refractivity contribution >= 4 is 37.0 Å². The zero-order valence-electron chi connectivity index (χ0n) is 12.4. The van der Waals surface area contributed by atoms with Gasteiger partial charge in [-0.2, -0.15) is 0 Å². The normalized spacial score (nSPS) is 14.5. The Hall–Kier alpha value is -0.530. The van der Waals surface area contributed by atoms with Crippen LogP contribution in [0.15, 0.2) is 45.1 Å². The standard InChI is InChI=1S/C15H20BrFO3S2/c1-3-5-14(21(17)18)7-4-6-12(2)22(19,20)15-10-8-13(16)9-11-15/h8-11,14H,2-7H2,1H3. The Morgan fingerprint density at radius 2 is 1.91 bits per heavy atom. The van der Waals surface area contributed by atoms with Crippen molar-refractivity contribution in [1.29, 1.82) is 0 Å². The molecule has 1 aromatic rings. The van der Waals surface area contributed by atoms with Crippen LogP contribution in [-0.2, 0) is 21.0 Å². The first kappa shape index (κ1) is 19.5. The third kappa shape index (κ3) is 5.59. The Kier molecular flexibility index (Phi) is 7.93. The molecule has 3 nitrogen and oxygen atoms in total. The number of hydrogen-bond acceptors (Lipinski definition) is 3. The van der Waals surface area contributed by atoms with Gasteiger partial charge < -0.3 is 0 Å². The maximum absolute atomic E-state index is 12.9. The quantitative estimate of drug-likeness (QED) is 0.553. The van der Waals surface area contributed by atoms with Crippen LogP contribution in [0.5, 0.6) is 0 Å². The Balaban J connectivity index is 2.64. The van der Waals surface area contributed by atoms with Crippen LogP contribution >= 0.6 is 15.9 Å². The summed E-state index contributed by atoms with van der Waals surface area (Å²) in [6.07, 6.45) is 2.38. The molecule has 0 saturated carbocycles. The van der Waals surface area contributed by atoms with Crippen LogP contribution in [0.25, 0.3) is 0 Å². The molecule has 0 amide bonds. The van der Waals surface area contributed by atoms with Crippen LogP contribution in [0.2, 0.25) is 0 Å². The van der Waals surface area contributed by atoms with E-state index in [2.05, 4.69) is 22.5 Å². The van der Waals surface area contributed by atoms with Crippen molar-refractivity contribution in [2.75, 3.05) is 0 Å². The SMILES string of the molecule is C=C(CCCC(CCC)S(=O)F)S(=O)(=O)c1ccc(Br)cc1. The minimum Gasteiger partial charge on any atom is -0.224 e. The lowest BCUT2D eigenvalue weighted by Gasteiger charge is -2.12. The van der Waals surface area contributed by atoms with Gasteiger partial charge in [-0.1, -0.05) is 35.9 Å². The number of hydrogen-bond donors (Lipinski definition) is 0. The van der Waals surface area contributed by atoms with E-state index in [1.165, 1.54) is 12.1 Å². The van der Waals surface area contributed by atoms with E-state index in [9.17, 15) is 16.5 Å². The summed E-state index contributed by atoms with van der Waals surface area (Å²) in [6.45, 7) is 5.54. The van der Waals surface area contributed by atoms with E-state index >= 15 is 0 Å². The van der Waals surface area contributed by atoms with Crippen molar-refractivity contribution in [1.82, 2.24) is 0 Å². The number of benzene rings is 1.